The number of fused-ring (bicyclic) bond motifs is 1. The van der Waals surface area contributed by atoms with Crippen LogP contribution in [0.1, 0.15) is 26.7 Å². The molecule has 3 aromatic rings. The van der Waals surface area contributed by atoms with Gasteiger partial charge in [-0.05, 0) is 45.0 Å². The standard InChI is InChI=1S/C22H27N3/c1-3-23-15-9-10-17(2)24-22-16-21(18-11-5-4-6-12-18)25-20-14-8-7-13-19(20)22/h4-8,11-14,16-17,23H,3,9-10,15H2,1-2H3,(H,24,25). The molecule has 25 heavy (non-hydrogen) atoms. The molecule has 1 unspecified atom stereocenters. The smallest absolute Gasteiger partial charge is 0.0730 e. The minimum Gasteiger partial charge on any atom is -0.382 e. The van der Waals surface area contributed by atoms with Crippen LogP contribution in [0.15, 0.2) is 60.7 Å². The molecule has 2 N–H and O–H groups in total. The Hall–Kier alpha value is -2.39. The number of benzene rings is 2. The fourth-order valence-corrected chi connectivity index (χ4v) is 3.10. The van der Waals surface area contributed by atoms with Gasteiger partial charge in [0.1, 0.15) is 0 Å². The Bertz CT molecular complexity index is 799. The van der Waals surface area contributed by atoms with Crippen LogP contribution in [0.2, 0.25) is 0 Å². The van der Waals surface area contributed by atoms with E-state index in [0.717, 1.165) is 36.3 Å². The largest absolute Gasteiger partial charge is 0.382 e. The van der Waals surface area contributed by atoms with E-state index in [4.69, 9.17) is 4.98 Å². The molecule has 3 nitrogen and oxygen atoms in total. The van der Waals surface area contributed by atoms with E-state index in [9.17, 15) is 0 Å². The van der Waals surface area contributed by atoms with Gasteiger partial charge in [0.25, 0.3) is 0 Å². The normalized spacial score (nSPS) is 12.2. The third-order valence-electron chi connectivity index (χ3n) is 4.43. The summed E-state index contributed by atoms with van der Waals surface area (Å²) >= 11 is 0. The quantitative estimate of drug-likeness (QED) is 0.564. The highest BCUT2D eigenvalue weighted by atomic mass is 14.9. The van der Waals surface area contributed by atoms with Crippen molar-refractivity contribution < 1.29 is 0 Å². The Morgan fingerprint density at radius 1 is 1.00 bits per heavy atom. The molecule has 0 aliphatic heterocycles. The van der Waals surface area contributed by atoms with Crippen molar-refractivity contribution in [1.29, 1.82) is 0 Å². The van der Waals surface area contributed by atoms with E-state index in [1.165, 1.54) is 17.5 Å². The topological polar surface area (TPSA) is 37.0 Å². The Kier molecular flexibility index (Phi) is 6.02. The van der Waals surface area contributed by atoms with Gasteiger partial charge in [0.15, 0.2) is 0 Å². The van der Waals surface area contributed by atoms with Crippen molar-refractivity contribution in [3.05, 3.63) is 60.7 Å². The molecule has 1 aromatic heterocycles. The maximum Gasteiger partial charge on any atom is 0.0730 e. The maximum absolute atomic E-state index is 4.85. The number of anilines is 1. The van der Waals surface area contributed by atoms with E-state index in [1.807, 2.05) is 12.1 Å². The lowest BCUT2D eigenvalue weighted by Crippen LogP contribution is -2.20. The first kappa shape index (κ1) is 17.4. The van der Waals surface area contributed by atoms with Gasteiger partial charge in [-0.2, -0.15) is 0 Å². The SMILES string of the molecule is CCNCCCC(C)Nc1cc(-c2ccccc2)nc2ccccc12. The van der Waals surface area contributed by atoms with Crippen LogP contribution in [0, 0.1) is 0 Å². The van der Waals surface area contributed by atoms with E-state index in [1.54, 1.807) is 0 Å². The first-order chi connectivity index (χ1) is 12.3. The van der Waals surface area contributed by atoms with E-state index in [-0.39, 0.29) is 0 Å². The van der Waals surface area contributed by atoms with Crippen LogP contribution in [-0.4, -0.2) is 24.1 Å². The van der Waals surface area contributed by atoms with Crippen LogP contribution < -0.4 is 10.6 Å². The van der Waals surface area contributed by atoms with Crippen molar-refractivity contribution >= 4 is 16.6 Å². The summed E-state index contributed by atoms with van der Waals surface area (Å²) in [5.41, 5.74) is 4.37. The Morgan fingerprint density at radius 2 is 1.76 bits per heavy atom. The molecule has 0 amide bonds. The lowest BCUT2D eigenvalue weighted by Gasteiger charge is -2.18. The molecule has 0 saturated heterocycles. The zero-order chi connectivity index (χ0) is 17.5. The zero-order valence-corrected chi connectivity index (χ0v) is 15.1. The highest BCUT2D eigenvalue weighted by Gasteiger charge is 2.09. The second-order valence-electron chi connectivity index (χ2n) is 6.48. The molecule has 1 atom stereocenters. The van der Waals surface area contributed by atoms with Crippen molar-refractivity contribution in [2.45, 2.75) is 32.7 Å². The van der Waals surface area contributed by atoms with Gasteiger partial charge in [-0.3, -0.25) is 0 Å². The molecule has 1 heterocycles. The van der Waals surface area contributed by atoms with Crippen molar-refractivity contribution in [3.63, 3.8) is 0 Å². The molecular formula is C22H27N3. The van der Waals surface area contributed by atoms with E-state index < -0.39 is 0 Å². The summed E-state index contributed by atoms with van der Waals surface area (Å²) in [4.78, 5) is 4.85. The average molecular weight is 333 g/mol. The van der Waals surface area contributed by atoms with Gasteiger partial charge in [0.05, 0.1) is 11.2 Å². The summed E-state index contributed by atoms with van der Waals surface area (Å²) in [5.74, 6) is 0. The first-order valence-corrected chi connectivity index (χ1v) is 9.20. The minimum atomic E-state index is 0.424. The van der Waals surface area contributed by atoms with E-state index in [0.29, 0.717) is 6.04 Å². The van der Waals surface area contributed by atoms with Crippen molar-refractivity contribution in [3.8, 4) is 11.3 Å². The van der Waals surface area contributed by atoms with Crippen LogP contribution in [0.25, 0.3) is 22.2 Å². The van der Waals surface area contributed by atoms with Crippen molar-refractivity contribution in [1.82, 2.24) is 10.3 Å². The summed E-state index contributed by atoms with van der Waals surface area (Å²) < 4.78 is 0. The molecule has 0 aliphatic rings. The highest BCUT2D eigenvalue weighted by Crippen LogP contribution is 2.29. The lowest BCUT2D eigenvalue weighted by molar-refractivity contribution is 0.603. The summed E-state index contributed by atoms with van der Waals surface area (Å²) in [6.07, 6.45) is 2.32. The molecule has 0 radical (unpaired) electrons. The number of nitrogens with one attached hydrogen (secondary N) is 2. The summed E-state index contributed by atoms with van der Waals surface area (Å²) in [7, 11) is 0. The first-order valence-electron chi connectivity index (χ1n) is 9.20. The number of pyridine rings is 1. The van der Waals surface area contributed by atoms with Crippen LogP contribution in [0.5, 0.6) is 0 Å². The highest BCUT2D eigenvalue weighted by molar-refractivity contribution is 5.93. The number of nitrogens with zero attached hydrogens (tertiary/aromatic N) is 1. The second kappa shape index (κ2) is 8.63. The van der Waals surface area contributed by atoms with Gasteiger partial charge in [-0.15, -0.1) is 0 Å². The van der Waals surface area contributed by atoms with Gasteiger partial charge >= 0.3 is 0 Å². The Labute approximate surface area is 150 Å². The molecule has 0 spiro atoms. The van der Waals surface area contributed by atoms with Crippen molar-refractivity contribution in [2.24, 2.45) is 0 Å². The predicted octanol–water partition coefficient (Wildman–Crippen LogP) is 5.09. The van der Waals surface area contributed by atoms with E-state index >= 15 is 0 Å². The predicted molar refractivity (Wildman–Crippen MR) is 108 cm³/mol. The Morgan fingerprint density at radius 3 is 2.56 bits per heavy atom. The molecule has 3 heteroatoms. The minimum absolute atomic E-state index is 0.424. The molecule has 0 fully saturated rings. The average Bonchev–Trinajstić information content (AvgIpc) is 2.66. The van der Waals surface area contributed by atoms with Gasteiger partial charge in [-0.1, -0.05) is 55.5 Å². The van der Waals surface area contributed by atoms with Crippen LogP contribution in [0.4, 0.5) is 5.69 Å². The number of aromatic nitrogens is 1. The number of hydrogen-bond donors (Lipinski definition) is 2. The fraction of sp³-hybridized carbons (Fsp3) is 0.318. The van der Waals surface area contributed by atoms with E-state index in [2.05, 4.69) is 73.0 Å². The second-order valence-corrected chi connectivity index (χ2v) is 6.48. The third-order valence-corrected chi connectivity index (χ3v) is 4.43. The molecule has 0 bridgehead atoms. The lowest BCUT2D eigenvalue weighted by atomic mass is 10.1. The van der Waals surface area contributed by atoms with Crippen LogP contribution >= 0.6 is 0 Å². The number of hydrogen-bond acceptors (Lipinski definition) is 3. The van der Waals surface area contributed by atoms with Gasteiger partial charge in [-0.25, -0.2) is 4.98 Å². The molecule has 3 rings (SSSR count). The molecule has 0 saturated carbocycles. The van der Waals surface area contributed by atoms with Gasteiger partial charge < -0.3 is 10.6 Å². The number of rotatable bonds is 8. The summed E-state index contributed by atoms with van der Waals surface area (Å²) in [6.45, 7) is 6.52. The van der Waals surface area contributed by atoms with Gasteiger partial charge in [0.2, 0.25) is 0 Å². The monoisotopic (exact) mass is 333 g/mol. The molecular weight excluding hydrogens is 306 g/mol. The molecule has 0 aliphatic carbocycles. The molecule has 130 valence electrons. The maximum atomic E-state index is 4.85. The molecule has 2 aromatic carbocycles. The fourth-order valence-electron chi connectivity index (χ4n) is 3.10. The van der Waals surface area contributed by atoms with Crippen molar-refractivity contribution in [2.75, 3.05) is 18.4 Å². The number of para-hydroxylation sites is 1. The summed E-state index contributed by atoms with van der Waals surface area (Å²) in [5, 5.41) is 8.28. The van der Waals surface area contributed by atoms with Crippen LogP contribution in [0.3, 0.4) is 0 Å². The van der Waals surface area contributed by atoms with Gasteiger partial charge in [0, 0.05) is 22.7 Å². The third kappa shape index (κ3) is 4.58. The summed E-state index contributed by atoms with van der Waals surface area (Å²) in [6, 6.07) is 21.3. The zero-order valence-electron chi connectivity index (χ0n) is 15.1. The Balaban J connectivity index is 1.85. The van der Waals surface area contributed by atoms with Crippen LogP contribution in [-0.2, 0) is 0 Å².